The minimum Gasteiger partial charge on any atom is -0.396 e. The number of hydrogen-bond donors (Lipinski definition) is 2. The van der Waals surface area contributed by atoms with E-state index in [4.69, 9.17) is 5.11 Å². The molecular formula is C17H23BrN2O. The van der Waals surface area contributed by atoms with Crippen LogP contribution in [0.5, 0.6) is 0 Å². The van der Waals surface area contributed by atoms with E-state index in [1.807, 2.05) is 12.3 Å². The molecule has 0 aliphatic heterocycles. The van der Waals surface area contributed by atoms with Gasteiger partial charge in [0, 0.05) is 35.8 Å². The molecular weight excluding hydrogens is 328 g/mol. The fraction of sp³-hybridized carbons (Fsp3) is 0.471. The molecule has 0 amide bonds. The second-order valence-electron chi connectivity index (χ2n) is 6.20. The number of halogens is 1. The van der Waals surface area contributed by atoms with Crippen molar-refractivity contribution in [2.75, 3.05) is 13.2 Å². The zero-order chi connectivity index (χ0) is 15.3. The van der Waals surface area contributed by atoms with Gasteiger partial charge in [0.1, 0.15) is 0 Å². The van der Waals surface area contributed by atoms with Crippen molar-refractivity contribution < 1.29 is 5.11 Å². The van der Waals surface area contributed by atoms with Crippen molar-refractivity contribution in [2.24, 2.45) is 5.41 Å². The van der Waals surface area contributed by atoms with Crippen LogP contribution in [0.3, 0.4) is 0 Å². The molecule has 1 heterocycles. The van der Waals surface area contributed by atoms with Gasteiger partial charge in [0.15, 0.2) is 0 Å². The summed E-state index contributed by atoms with van der Waals surface area (Å²) in [5, 5.41) is 13.6. The summed E-state index contributed by atoms with van der Waals surface area (Å²) in [7, 11) is 0. The van der Waals surface area contributed by atoms with Gasteiger partial charge in [0.05, 0.1) is 5.52 Å². The van der Waals surface area contributed by atoms with Crippen molar-refractivity contribution in [1.29, 1.82) is 0 Å². The number of aliphatic hydroxyl groups excluding tert-OH is 1. The summed E-state index contributed by atoms with van der Waals surface area (Å²) < 4.78 is 1.08. The molecule has 1 aromatic carbocycles. The van der Waals surface area contributed by atoms with Crippen LogP contribution in [0.15, 0.2) is 34.9 Å². The van der Waals surface area contributed by atoms with Crippen molar-refractivity contribution in [3.63, 3.8) is 0 Å². The van der Waals surface area contributed by atoms with Gasteiger partial charge in [-0.05, 0) is 36.0 Å². The van der Waals surface area contributed by atoms with Crippen molar-refractivity contribution in [1.82, 2.24) is 10.3 Å². The normalized spacial score (nSPS) is 12.0. The Balaban J connectivity index is 2.03. The topological polar surface area (TPSA) is 45.1 Å². The Labute approximate surface area is 134 Å². The standard InChI is InChI=1S/C17H23BrN2O/c1-17(2,8-4-10-21)12-19-11-13-6-7-15(18)14-5-3-9-20-16(13)14/h3,5-7,9,19,21H,4,8,10-12H2,1-2H3. The molecule has 0 spiro atoms. The molecule has 0 saturated carbocycles. The van der Waals surface area contributed by atoms with Crippen LogP contribution < -0.4 is 5.32 Å². The molecule has 0 fully saturated rings. The second-order valence-corrected chi connectivity index (χ2v) is 7.06. The highest BCUT2D eigenvalue weighted by atomic mass is 79.9. The molecule has 0 aliphatic rings. The molecule has 0 radical (unpaired) electrons. The second kappa shape index (κ2) is 7.34. The summed E-state index contributed by atoms with van der Waals surface area (Å²) in [6, 6.07) is 8.24. The van der Waals surface area contributed by atoms with Crippen LogP contribution >= 0.6 is 15.9 Å². The number of nitrogens with zero attached hydrogens (tertiary/aromatic N) is 1. The fourth-order valence-electron chi connectivity index (χ4n) is 2.52. The summed E-state index contributed by atoms with van der Waals surface area (Å²) in [6.45, 7) is 6.46. The predicted octanol–water partition coefficient (Wildman–Crippen LogP) is 3.89. The van der Waals surface area contributed by atoms with E-state index in [0.29, 0.717) is 0 Å². The third-order valence-corrected chi connectivity index (χ3v) is 4.42. The smallest absolute Gasteiger partial charge is 0.0758 e. The van der Waals surface area contributed by atoms with E-state index in [2.05, 4.69) is 58.3 Å². The van der Waals surface area contributed by atoms with Crippen LogP contribution in [0.1, 0.15) is 32.3 Å². The molecule has 2 rings (SSSR count). The van der Waals surface area contributed by atoms with Gasteiger partial charge < -0.3 is 10.4 Å². The summed E-state index contributed by atoms with van der Waals surface area (Å²) in [5.74, 6) is 0. The van der Waals surface area contributed by atoms with Crippen LogP contribution in [0, 0.1) is 5.41 Å². The van der Waals surface area contributed by atoms with Gasteiger partial charge in [0.25, 0.3) is 0 Å². The Morgan fingerprint density at radius 3 is 2.86 bits per heavy atom. The molecule has 3 nitrogen and oxygen atoms in total. The quantitative estimate of drug-likeness (QED) is 0.796. The first-order chi connectivity index (χ1) is 10.0. The maximum Gasteiger partial charge on any atom is 0.0758 e. The van der Waals surface area contributed by atoms with Gasteiger partial charge in [-0.15, -0.1) is 0 Å². The van der Waals surface area contributed by atoms with Crippen molar-refractivity contribution in [3.05, 3.63) is 40.5 Å². The van der Waals surface area contributed by atoms with E-state index in [1.165, 1.54) is 5.56 Å². The highest BCUT2D eigenvalue weighted by Crippen LogP contribution is 2.25. The summed E-state index contributed by atoms with van der Waals surface area (Å²) in [5.41, 5.74) is 2.46. The Kier molecular flexibility index (Phi) is 5.73. The number of fused-ring (bicyclic) bond motifs is 1. The molecule has 4 heteroatoms. The van der Waals surface area contributed by atoms with Crippen molar-refractivity contribution in [2.45, 2.75) is 33.2 Å². The molecule has 0 bridgehead atoms. The first kappa shape index (κ1) is 16.4. The van der Waals surface area contributed by atoms with Gasteiger partial charge in [-0.1, -0.05) is 41.9 Å². The first-order valence-electron chi connectivity index (χ1n) is 7.37. The SMILES string of the molecule is CC(C)(CCCO)CNCc1ccc(Br)c2cccnc12. The number of nitrogens with one attached hydrogen (secondary N) is 1. The van der Waals surface area contributed by atoms with E-state index in [1.54, 1.807) is 0 Å². The van der Waals surface area contributed by atoms with E-state index < -0.39 is 0 Å². The third-order valence-electron chi connectivity index (χ3n) is 3.73. The lowest BCUT2D eigenvalue weighted by molar-refractivity contribution is 0.236. The lowest BCUT2D eigenvalue weighted by atomic mass is 9.88. The van der Waals surface area contributed by atoms with E-state index in [9.17, 15) is 0 Å². The Bertz CT molecular complexity index is 598. The Hall–Kier alpha value is -0.970. The van der Waals surface area contributed by atoms with E-state index in [0.717, 1.165) is 41.3 Å². The molecule has 0 unspecified atom stereocenters. The number of benzene rings is 1. The number of hydrogen-bond acceptors (Lipinski definition) is 3. The van der Waals surface area contributed by atoms with Crippen molar-refractivity contribution in [3.8, 4) is 0 Å². The van der Waals surface area contributed by atoms with E-state index in [-0.39, 0.29) is 12.0 Å². The van der Waals surface area contributed by atoms with Gasteiger partial charge in [0.2, 0.25) is 0 Å². The first-order valence-corrected chi connectivity index (χ1v) is 8.16. The Morgan fingerprint density at radius 1 is 1.29 bits per heavy atom. The molecule has 114 valence electrons. The summed E-state index contributed by atoms with van der Waals surface area (Å²) in [6.07, 6.45) is 3.72. The van der Waals surface area contributed by atoms with Crippen LogP contribution in [-0.4, -0.2) is 23.2 Å². The third kappa shape index (κ3) is 4.50. The Morgan fingerprint density at radius 2 is 2.10 bits per heavy atom. The number of pyridine rings is 1. The van der Waals surface area contributed by atoms with Crippen molar-refractivity contribution >= 4 is 26.8 Å². The van der Waals surface area contributed by atoms with Gasteiger partial charge >= 0.3 is 0 Å². The molecule has 1 aromatic heterocycles. The summed E-state index contributed by atoms with van der Waals surface area (Å²) >= 11 is 3.58. The van der Waals surface area contributed by atoms with Crippen LogP contribution in [0.25, 0.3) is 10.9 Å². The predicted molar refractivity (Wildman–Crippen MR) is 91.3 cm³/mol. The number of rotatable bonds is 7. The molecule has 0 saturated heterocycles. The number of aromatic nitrogens is 1. The largest absolute Gasteiger partial charge is 0.396 e. The molecule has 0 aliphatic carbocycles. The highest BCUT2D eigenvalue weighted by molar-refractivity contribution is 9.10. The lowest BCUT2D eigenvalue weighted by Gasteiger charge is -2.25. The van der Waals surface area contributed by atoms with Crippen LogP contribution in [0.2, 0.25) is 0 Å². The molecule has 2 N–H and O–H groups in total. The average Bonchev–Trinajstić information content (AvgIpc) is 2.48. The molecule has 21 heavy (non-hydrogen) atoms. The zero-order valence-corrected chi connectivity index (χ0v) is 14.3. The zero-order valence-electron chi connectivity index (χ0n) is 12.7. The lowest BCUT2D eigenvalue weighted by Crippen LogP contribution is -2.29. The van der Waals surface area contributed by atoms with Crippen LogP contribution in [-0.2, 0) is 6.54 Å². The highest BCUT2D eigenvalue weighted by Gasteiger charge is 2.16. The average molecular weight is 351 g/mol. The maximum absolute atomic E-state index is 8.94. The van der Waals surface area contributed by atoms with E-state index >= 15 is 0 Å². The maximum atomic E-state index is 8.94. The molecule has 2 aromatic rings. The van der Waals surface area contributed by atoms with Gasteiger partial charge in [-0.3, -0.25) is 4.98 Å². The minimum absolute atomic E-state index is 0.196. The van der Waals surface area contributed by atoms with Crippen LogP contribution in [0.4, 0.5) is 0 Å². The number of aliphatic hydroxyl groups is 1. The van der Waals surface area contributed by atoms with Gasteiger partial charge in [-0.25, -0.2) is 0 Å². The van der Waals surface area contributed by atoms with Gasteiger partial charge in [-0.2, -0.15) is 0 Å². The molecule has 0 atom stereocenters. The minimum atomic E-state index is 0.196. The monoisotopic (exact) mass is 350 g/mol. The fourth-order valence-corrected chi connectivity index (χ4v) is 2.97. The summed E-state index contributed by atoms with van der Waals surface area (Å²) in [4.78, 5) is 4.50.